The van der Waals surface area contributed by atoms with Crippen LogP contribution in [0, 0.1) is 11.8 Å². The molecule has 4 saturated heterocycles. The van der Waals surface area contributed by atoms with Gasteiger partial charge < -0.3 is 75.3 Å². The number of benzene rings is 3. The Kier molecular flexibility index (Phi) is 14.5. The summed E-state index contributed by atoms with van der Waals surface area (Å²) >= 11 is 0. The number of aliphatic hydroxyl groups is 5. The fourth-order valence-corrected chi connectivity index (χ4v) is 11.5. The lowest BCUT2D eigenvalue weighted by Crippen LogP contribution is -2.70. The zero-order valence-corrected chi connectivity index (χ0v) is 39.4. The van der Waals surface area contributed by atoms with E-state index in [4.69, 9.17) is 35.2 Å². The molecule has 1 aliphatic carbocycles. The standard InChI is InChI=1S/C51H61N7O14/c52-36-18-24(9-13-54-36)12-16-68-47-43(66)42(65)45-35-8-6-26(10-14-59)33(22-69-35)37(29-3-1-2-4-34(29)58-23-55-39-48(58)56-51(53)57-49(39)67)32-19-31-38(41(64)30-17-25(20-61)5-7-28(30)40(31)63)46(44(32)71-50(47)72-45)70-21-27(62)11-15-60/h1-5,7,9,15,17-19,26-27,33,35,37,39,42-43,45,47-48,50-51,54-56,59,61-62,65-66H,6,8,10-14,16,20-23,52-53H2,(H,57,67). The van der Waals surface area contributed by atoms with Crippen LogP contribution in [0.25, 0.3) is 0 Å². The molecule has 4 fully saturated rings. The molecule has 10 rings (SSSR count). The highest BCUT2D eigenvalue weighted by molar-refractivity contribution is 6.29. The van der Waals surface area contributed by atoms with Gasteiger partial charge in [-0.25, -0.2) is 0 Å². The third-order valence-electron chi connectivity index (χ3n) is 15.0. The minimum absolute atomic E-state index is 0.00245. The van der Waals surface area contributed by atoms with E-state index >= 15 is 9.59 Å². The van der Waals surface area contributed by atoms with Crippen molar-refractivity contribution in [3.8, 4) is 11.5 Å². The van der Waals surface area contributed by atoms with Crippen molar-refractivity contribution in [2.45, 2.75) is 106 Å². The molecule has 0 radical (unpaired) electrons. The Morgan fingerprint density at radius 3 is 2.61 bits per heavy atom. The van der Waals surface area contributed by atoms with Gasteiger partial charge in [0, 0.05) is 53.4 Å². The van der Waals surface area contributed by atoms with Crippen LogP contribution in [0.5, 0.6) is 11.5 Å². The van der Waals surface area contributed by atoms with Gasteiger partial charge >= 0.3 is 0 Å². The van der Waals surface area contributed by atoms with Crippen LogP contribution in [0.15, 0.2) is 72.1 Å². The molecule has 7 aliphatic rings. The number of anilines is 1. The quantitative estimate of drug-likeness (QED) is 0.0688. The molecule has 384 valence electrons. The first-order valence-electron chi connectivity index (χ1n) is 24.5. The maximum atomic E-state index is 15.1. The normalized spacial score (nSPS) is 31.2. The Balaban J connectivity index is 1.22. The fraction of sp³-hybridized carbons (Fsp3) is 0.490. The van der Waals surface area contributed by atoms with E-state index in [1.54, 1.807) is 18.2 Å². The molecule has 3 aromatic rings. The van der Waals surface area contributed by atoms with Gasteiger partial charge in [-0.05, 0) is 84.6 Å². The molecule has 6 aliphatic heterocycles. The van der Waals surface area contributed by atoms with Crippen LogP contribution >= 0.6 is 0 Å². The molecule has 4 bridgehead atoms. The zero-order valence-electron chi connectivity index (χ0n) is 39.4. The minimum atomic E-state index is -1.63. The lowest BCUT2D eigenvalue weighted by Gasteiger charge is -2.44. The van der Waals surface area contributed by atoms with E-state index in [1.807, 2.05) is 35.2 Å². The topological polar surface area (TPSA) is 319 Å². The van der Waals surface area contributed by atoms with Crippen molar-refractivity contribution in [2.75, 3.05) is 44.5 Å². The maximum absolute atomic E-state index is 15.1. The summed E-state index contributed by atoms with van der Waals surface area (Å²) in [5, 5.41) is 68.4. The second-order valence-electron chi connectivity index (χ2n) is 19.4. The van der Waals surface area contributed by atoms with Crippen molar-refractivity contribution in [3.63, 3.8) is 0 Å². The Morgan fingerprint density at radius 2 is 1.82 bits per heavy atom. The van der Waals surface area contributed by atoms with Crippen LogP contribution < -0.4 is 47.1 Å². The van der Waals surface area contributed by atoms with E-state index in [0.29, 0.717) is 66.7 Å². The molecule has 13 N–H and O–H groups in total. The lowest BCUT2D eigenvalue weighted by atomic mass is 9.70. The number of nitrogens with zero attached hydrogens (tertiary/aromatic N) is 1. The van der Waals surface area contributed by atoms with E-state index in [0.717, 1.165) is 5.57 Å². The minimum Gasteiger partial charge on any atom is -0.486 e. The summed E-state index contributed by atoms with van der Waals surface area (Å²) < 4.78 is 33.6. The van der Waals surface area contributed by atoms with Gasteiger partial charge in [0.05, 0.1) is 50.1 Å². The molecule has 3 aromatic carbocycles. The number of hydrogen-bond donors (Lipinski definition) is 11. The number of hydrogen-bond acceptors (Lipinski definition) is 20. The van der Waals surface area contributed by atoms with Crippen molar-refractivity contribution >= 4 is 29.4 Å². The van der Waals surface area contributed by atoms with Crippen LogP contribution in [0.3, 0.4) is 0 Å². The number of para-hydroxylation sites is 1. The number of dihydropyridines is 1. The molecular weight excluding hydrogens is 935 g/mol. The number of amides is 1. The van der Waals surface area contributed by atoms with E-state index in [-0.39, 0.29) is 78.5 Å². The molecule has 0 saturated carbocycles. The average molecular weight is 996 g/mol. The van der Waals surface area contributed by atoms with E-state index in [1.165, 1.54) is 12.1 Å². The number of carbonyl (C=O) groups is 4. The van der Waals surface area contributed by atoms with Gasteiger partial charge in [-0.3, -0.25) is 30.8 Å². The molecule has 6 heterocycles. The van der Waals surface area contributed by atoms with Gasteiger partial charge in [0.15, 0.2) is 23.1 Å². The number of rotatable bonds is 14. The summed E-state index contributed by atoms with van der Waals surface area (Å²) in [7, 11) is 0. The molecule has 21 nitrogen and oxygen atoms in total. The zero-order chi connectivity index (χ0) is 50.4. The van der Waals surface area contributed by atoms with Crippen LogP contribution in [0.4, 0.5) is 5.69 Å². The first-order valence-corrected chi connectivity index (χ1v) is 24.5. The molecular formula is C51H61N7O14. The predicted octanol–water partition coefficient (Wildman–Crippen LogP) is -0.824. The molecule has 21 heteroatoms. The van der Waals surface area contributed by atoms with Crippen LogP contribution in [0.1, 0.15) is 86.6 Å². The van der Waals surface area contributed by atoms with E-state index in [9.17, 15) is 35.1 Å². The summed E-state index contributed by atoms with van der Waals surface area (Å²) in [6.45, 7) is -0.467. The fourth-order valence-electron chi connectivity index (χ4n) is 11.5. The Bertz CT molecular complexity index is 2650. The summed E-state index contributed by atoms with van der Waals surface area (Å²) in [6, 6.07) is 12.9. The third kappa shape index (κ3) is 9.28. The first-order chi connectivity index (χ1) is 34.9. The number of carbonyl (C=O) groups excluding carboxylic acids is 4. The Morgan fingerprint density at radius 1 is 0.986 bits per heavy atom. The molecule has 72 heavy (non-hydrogen) atoms. The smallest absolute Gasteiger partial charge is 0.242 e. The Hall–Kier alpha value is -5.82. The van der Waals surface area contributed by atoms with Crippen molar-refractivity contribution < 1.29 is 68.4 Å². The highest BCUT2D eigenvalue weighted by Crippen LogP contribution is 2.54. The number of nitrogens with two attached hydrogens (primary N) is 2. The Labute approximate surface area is 414 Å². The van der Waals surface area contributed by atoms with Gasteiger partial charge in [0.25, 0.3) is 0 Å². The van der Waals surface area contributed by atoms with Gasteiger partial charge in [-0.2, -0.15) is 0 Å². The van der Waals surface area contributed by atoms with Crippen molar-refractivity contribution in [2.24, 2.45) is 23.3 Å². The number of aliphatic hydroxyl groups excluding tert-OH is 5. The molecule has 0 spiro atoms. The number of allylic oxidation sites excluding steroid dienone is 1. The second-order valence-corrected chi connectivity index (χ2v) is 19.4. The summed E-state index contributed by atoms with van der Waals surface area (Å²) in [5.74, 6) is -3.18. The van der Waals surface area contributed by atoms with Gasteiger partial charge in [-0.1, -0.05) is 30.3 Å². The monoisotopic (exact) mass is 995 g/mol. The maximum Gasteiger partial charge on any atom is 0.242 e. The van der Waals surface area contributed by atoms with Crippen molar-refractivity contribution in [3.05, 3.63) is 111 Å². The van der Waals surface area contributed by atoms with Gasteiger partial charge in [0.2, 0.25) is 12.2 Å². The SMILES string of the molecule is NC1=CC(CCOC2C3Oc4c(cc5c(c4OCC(O)CC=O)C(=O)c4cc(CO)ccc4C5=O)C(c4ccccc4N4CNC5C(=O)NC(N)NC54)C4COC(CCC4CCO)C(O3)C(O)C2O)=CCN1. The lowest BCUT2D eigenvalue weighted by molar-refractivity contribution is -0.300. The number of aldehydes is 1. The number of ketones is 2. The average Bonchev–Trinajstić information content (AvgIpc) is 3.68. The van der Waals surface area contributed by atoms with Crippen molar-refractivity contribution in [1.29, 1.82) is 0 Å². The van der Waals surface area contributed by atoms with Crippen LogP contribution in [-0.4, -0.2) is 150 Å². The van der Waals surface area contributed by atoms with E-state index < -0.39 is 98.0 Å². The van der Waals surface area contributed by atoms with Crippen LogP contribution in [0.2, 0.25) is 0 Å². The molecule has 13 atom stereocenters. The number of fused-ring (bicyclic) bond motifs is 10. The number of nitrogens with one attached hydrogen (secondary N) is 4. The van der Waals surface area contributed by atoms with Crippen molar-refractivity contribution in [1.82, 2.24) is 21.3 Å². The van der Waals surface area contributed by atoms with Gasteiger partial charge in [0.1, 0.15) is 55.8 Å². The molecule has 13 unspecified atom stereocenters. The van der Waals surface area contributed by atoms with Gasteiger partial charge in [-0.15, -0.1) is 0 Å². The van der Waals surface area contributed by atoms with E-state index in [2.05, 4.69) is 21.3 Å². The largest absolute Gasteiger partial charge is 0.486 e. The molecule has 1 amide bonds. The summed E-state index contributed by atoms with van der Waals surface area (Å²) in [5.41, 5.74) is 14.9. The summed E-state index contributed by atoms with van der Waals surface area (Å²) in [4.78, 5) is 57.2. The highest BCUT2D eigenvalue weighted by Gasteiger charge is 2.53. The molecule has 0 aromatic heterocycles. The predicted molar refractivity (Wildman–Crippen MR) is 255 cm³/mol. The summed E-state index contributed by atoms with van der Waals surface area (Å²) in [6.07, 6.45) is -5.66. The number of ether oxygens (including phenoxy) is 5. The van der Waals surface area contributed by atoms with Crippen LogP contribution in [-0.2, 0) is 30.4 Å². The second kappa shape index (κ2) is 21.0. The third-order valence-corrected chi connectivity index (χ3v) is 15.0. The highest BCUT2D eigenvalue weighted by atomic mass is 16.7. The first kappa shape index (κ1) is 49.7.